The molecule has 0 saturated carbocycles. The number of methoxy groups -OCH3 is 1. The van der Waals surface area contributed by atoms with Crippen LogP contribution in [0.3, 0.4) is 0 Å². The van der Waals surface area contributed by atoms with Crippen LogP contribution in [0.5, 0.6) is 5.75 Å². The Balaban J connectivity index is 2.32. The van der Waals surface area contributed by atoms with Gasteiger partial charge in [-0.15, -0.1) is 0 Å². The fourth-order valence-corrected chi connectivity index (χ4v) is 2.46. The quantitative estimate of drug-likeness (QED) is 0.454. The van der Waals surface area contributed by atoms with Crippen molar-refractivity contribution in [3.8, 4) is 11.8 Å². The summed E-state index contributed by atoms with van der Waals surface area (Å²) in [4.78, 5) is 23.8. The second kappa shape index (κ2) is 9.01. The lowest BCUT2D eigenvalue weighted by molar-refractivity contribution is -0.385. The molecule has 0 heterocycles. The predicted molar refractivity (Wildman–Crippen MR) is 99.2 cm³/mol. The lowest BCUT2D eigenvalue weighted by Gasteiger charge is -2.22. The number of esters is 1. The number of rotatable bonds is 7. The standard InChI is InChI=1S/C19H17N3O5/c1-27-18(24)13-21(16-8-3-9-17(23)19(16)22(25)26)10-4-7-14-5-2-6-15(11-14)12-20/h2-9,11,23H,10,13H2,1H3/b7-4+. The Morgan fingerprint density at radius 1 is 1.37 bits per heavy atom. The van der Waals surface area contributed by atoms with Crippen LogP contribution >= 0.6 is 0 Å². The molecule has 0 unspecified atom stereocenters. The molecule has 8 heteroatoms. The minimum absolute atomic E-state index is 0.0980. The van der Waals surface area contributed by atoms with Crippen LogP contribution in [0.4, 0.5) is 11.4 Å². The lowest BCUT2D eigenvalue weighted by Crippen LogP contribution is -2.31. The van der Waals surface area contributed by atoms with Crippen LogP contribution < -0.4 is 4.90 Å². The third-order valence-corrected chi connectivity index (χ3v) is 3.72. The Morgan fingerprint density at radius 2 is 2.11 bits per heavy atom. The van der Waals surface area contributed by atoms with E-state index in [4.69, 9.17) is 5.26 Å². The van der Waals surface area contributed by atoms with Crippen molar-refractivity contribution in [1.29, 1.82) is 5.26 Å². The molecule has 0 spiro atoms. The number of para-hydroxylation sites is 1. The van der Waals surface area contributed by atoms with Crippen molar-refractivity contribution < 1.29 is 19.6 Å². The van der Waals surface area contributed by atoms with Crippen molar-refractivity contribution in [3.05, 3.63) is 69.8 Å². The summed E-state index contributed by atoms with van der Waals surface area (Å²) in [5.74, 6) is -1.06. The number of nitro groups is 1. The summed E-state index contributed by atoms with van der Waals surface area (Å²) in [5, 5.41) is 30.1. The topological polar surface area (TPSA) is 117 Å². The molecule has 1 N–H and O–H groups in total. The van der Waals surface area contributed by atoms with Gasteiger partial charge in [0.1, 0.15) is 12.2 Å². The number of ether oxygens (including phenoxy) is 1. The fraction of sp³-hybridized carbons (Fsp3) is 0.158. The minimum atomic E-state index is -0.699. The molecule has 27 heavy (non-hydrogen) atoms. The van der Waals surface area contributed by atoms with Crippen LogP contribution in [-0.4, -0.2) is 36.2 Å². The van der Waals surface area contributed by atoms with Gasteiger partial charge in [0.05, 0.1) is 23.7 Å². The van der Waals surface area contributed by atoms with Gasteiger partial charge in [0, 0.05) is 6.54 Å². The van der Waals surface area contributed by atoms with Gasteiger partial charge in [0.15, 0.2) is 5.75 Å². The molecule has 0 aliphatic carbocycles. The van der Waals surface area contributed by atoms with Crippen LogP contribution in [0.25, 0.3) is 6.08 Å². The van der Waals surface area contributed by atoms with E-state index in [-0.39, 0.29) is 18.8 Å². The molecule has 0 aliphatic heterocycles. The first-order chi connectivity index (χ1) is 13.0. The first-order valence-electron chi connectivity index (χ1n) is 7.91. The van der Waals surface area contributed by atoms with E-state index in [1.807, 2.05) is 6.07 Å². The van der Waals surface area contributed by atoms with Crippen LogP contribution in [-0.2, 0) is 9.53 Å². The number of nitriles is 1. The molecule has 2 aromatic rings. The second-order valence-electron chi connectivity index (χ2n) is 5.50. The van der Waals surface area contributed by atoms with E-state index in [1.165, 1.54) is 30.2 Å². The third-order valence-electron chi connectivity index (χ3n) is 3.72. The molecule has 2 rings (SSSR count). The highest BCUT2D eigenvalue weighted by molar-refractivity contribution is 5.79. The first-order valence-corrected chi connectivity index (χ1v) is 7.91. The summed E-state index contributed by atoms with van der Waals surface area (Å²) in [6.07, 6.45) is 3.44. The largest absolute Gasteiger partial charge is 0.502 e. The van der Waals surface area contributed by atoms with Gasteiger partial charge in [-0.3, -0.25) is 14.9 Å². The van der Waals surface area contributed by atoms with Crippen molar-refractivity contribution >= 4 is 23.4 Å². The number of phenols is 1. The number of hydrogen-bond acceptors (Lipinski definition) is 7. The zero-order valence-electron chi connectivity index (χ0n) is 14.5. The maximum absolute atomic E-state index is 11.7. The average Bonchev–Trinajstić information content (AvgIpc) is 2.66. The highest BCUT2D eigenvalue weighted by atomic mass is 16.6. The van der Waals surface area contributed by atoms with Crippen LogP contribution in [0, 0.1) is 21.4 Å². The summed E-state index contributed by atoms with van der Waals surface area (Å²) in [6, 6.07) is 13.1. The highest BCUT2D eigenvalue weighted by Crippen LogP contribution is 2.36. The van der Waals surface area contributed by atoms with E-state index in [1.54, 1.807) is 36.4 Å². The Kier molecular flexibility index (Phi) is 6.49. The van der Waals surface area contributed by atoms with Gasteiger partial charge in [-0.1, -0.05) is 30.4 Å². The molecular formula is C19H17N3O5. The van der Waals surface area contributed by atoms with E-state index < -0.39 is 22.3 Å². The summed E-state index contributed by atoms with van der Waals surface area (Å²) in [5.41, 5.74) is 0.895. The van der Waals surface area contributed by atoms with Gasteiger partial charge in [-0.2, -0.15) is 5.26 Å². The zero-order chi connectivity index (χ0) is 19.8. The van der Waals surface area contributed by atoms with Crippen LogP contribution in [0.1, 0.15) is 11.1 Å². The maximum atomic E-state index is 11.7. The molecular weight excluding hydrogens is 350 g/mol. The molecule has 0 radical (unpaired) electrons. The minimum Gasteiger partial charge on any atom is -0.502 e. The molecule has 0 bridgehead atoms. The van der Waals surface area contributed by atoms with Gasteiger partial charge in [0.25, 0.3) is 0 Å². The van der Waals surface area contributed by atoms with Gasteiger partial charge in [-0.25, -0.2) is 0 Å². The Bertz CT molecular complexity index is 918. The number of benzene rings is 2. The van der Waals surface area contributed by atoms with Crippen LogP contribution in [0.15, 0.2) is 48.5 Å². The molecule has 0 aromatic heterocycles. The predicted octanol–water partition coefficient (Wildman–Crippen LogP) is 2.86. The molecule has 8 nitrogen and oxygen atoms in total. The maximum Gasteiger partial charge on any atom is 0.333 e. The number of carbonyl (C=O) groups is 1. The molecule has 0 saturated heterocycles. The average molecular weight is 367 g/mol. The number of hydrogen-bond donors (Lipinski definition) is 1. The van der Waals surface area contributed by atoms with E-state index in [0.29, 0.717) is 5.56 Å². The van der Waals surface area contributed by atoms with E-state index >= 15 is 0 Å². The van der Waals surface area contributed by atoms with Gasteiger partial charge in [-0.05, 0) is 29.8 Å². The zero-order valence-corrected chi connectivity index (χ0v) is 14.5. The number of nitro benzene ring substituents is 1. The monoisotopic (exact) mass is 367 g/mol. The normalized spacial score (nSPS) is 10.4. The van der Waals surface area contributed by atoms with Crippen molar-refractivity contribution in [2.45, 2.75) is 0 Å². The van der Waals surface area contributed by atoms with Gasteiger partial charge >= 0.3 is 11.7 Å². The van der Waals surface area contributed by atoms with Crippen molar-refractivity contribution in [2.24, 2.45) is 0 Å². The molecule has 2 aromatic carbocycles. The van der Waals surface area contributed by atoms with Crippen molar-refractivity contribution in [1.82, 2.24) is 0 Å². The molecule has 138 valence electrons. The van der Waals surface area contributed by atoms with E-state index in [0.717, 1.165) is 5.56 Å². The molecule has 0 aliphatic rings. The number of nitrogens with zero attached hydrogens (tertiary/aromatic N) is 3. The number of phenolic OH excluding ortho intramolecular Hbond substituents is 1. The second-order valence-corrected chi connectivity index (χ2v) is 5.50. The third kappa shape index (κ3) is 5.06. The van der Waals surface area contributed by atoms with E-state index in [2.05, 4.69) is 4.74 Å². The van der Waals surface area contributed by atoms with Gasteiger partial charge < -0.3 is 14.7 Å². The van der Waals surface area contributed by atoms with Crippen molar-refractivity contribution in [2.75, 3.05) is 25.1 Å². The summed E-state index contributed by atoms with van der Waals surface area (Å²) in [7, 11) is 1.22. The van der Waals surface area contributed by atoms with Crippen LogP contribution in [0.2, 0.25) is 0 Å². The lowest BCUT2D eigenvalue weighted by atomic mass is 10.1. The summed E-state index contributed by atoms with van der Waals surface area (Å²) in [6.45, 7) is -0.0838. The van der Waals surface area contributed by atoms with Crippen molar-refractivity contribution in [3.63, 3.8) is 0 Å². The smallest absolute Gasteiger partial charge is 0.333 e. The van der Waals surface area contributed by atoms with Gasteiger partial charge in [0.2, 0.25) is 0 Å². The molecule has 0 fully saturated rings. The highest BCUT2D eigenvalue weighted by Gasteiger charge is 2.24. The Hall–Kier alpha value is -3.86. The summed E-state index contributed by atoms with van der Waals surface area (Å²) < 4.78 is 4.65. The first kappa shape index (κ1) is 19.5. The molecule has 0 atom stereocenters. The number of carbonyl (C=O) groups excluding carboxylic acids is 1. The fourth-order valence-electron chi connectivity index (χ4n) is 2.46. The summed E-state index contributed by atoms with van der Waals surface area (Å²) >= 11 is 0. The van der Waals surface area contributed by atoms with E-state index in [9.17, 15) is 20.0 Å². The Labute approximate surface area is 155 Å². The SMILES string of the molecule is COC(=O)CN(C/C=C/c1cccc(C#N)c1)c1cccc(O)c1[N+](=O)[O-]. The molecule has 0 amide bonds. The number of anilines is 1. The Morgan fingerprint density at radius 3 is 2.78 bits per heavy atom. The number of aromatic hydroxyl groups is 1.